The Balaban J connectivity index is 1.76. The minimum atomic E-state index is -4.10. The summed E-state index contributed by atoms with van der Waals surface area (Å²) in [4.78, 5) is 30.8. The highest BCUT2D eigenvalue weighted by atomic mass is 32.2. The molecule has 2 aromatic carbocycles. The molecule has 0 aliphatic carbocycles. The van der Waals surface area contributed by atoms with Gasteiger partial charge in [-0.25, -0.2) is 0 Å². The van der Waals surface area contributed by atoms with E-state index in [1.165, 1.54) is 17.3 Å². The van der Waals surface area contributed by atoms with Crippen LogP contribution in [-0.4, -0.2) is 15.7 Å². The molecule has 0 spiro atoms. The largest absolute Gasteiger partial charge is 0.329 e. The Morgan fingerprint density at radius 3 is 2.46 bits per heavy atom. The number of benzene rings is 2. The van der Waals surface area contributed by atoms with Gasteiger partial charge in [-0.1, -0.05) is 24.3 Å². The number of thioether (sulfide) groups is 1. The molecule has 1 aliphatic rings. The van der Waals surface area contributed by atoms with Crippen molar-refractivity contribution < 1.29 is 19.1 Å². The van der Waals surface area contributed by atoms with Crippen LogP contribution in [0.2, 0.25) is 0 Å². The van der Waals surface area contributed by atoms with Gasteiger partial charge in [-0.15, -0.1) is 11.8 Å². The zero-order valence-corrected chi connectivity index (χ0v) is 16.2. The summed E-state index contributed by atoms with van der Waals surface area (Å²) >= 11 is 1.46. The topological polar surface area (TPSA) is 86.6 Å². The average molecular weight is 389 g/mol. The minimum Gasteiger partial charge on any atom is -0.325 e. The molecule has 7 heteroatoms. The van der Waals surface area contributed by atoms with Crippen molar-refractivity contribution in [1.82, 2.24) is 0 Å². The van der Waals surface area contributed by atoms with Crippen LogP contribution in [0.15, 0.2) is 41.8 Å². The molecule has 0 fully saturated rings. The van der Waals surface area contributed by atoms with E-state index in [0.717, 1.165) is 16.7 Å². The summed E-state index contributed by atoms with van der Waals surface area (Å²) < 4.78 is 11.1. The number of anilines is 1. The van der Waals surface area contributed by atoms with E-state index in [9.17, 15) is 9.36 Å². The molecule has 0 bridgehead atoms. The fourth-order valence-electron chi connectivity index (χ4n) is 2.84. The van der Waals surface area contributed by atoms with E-state index < -0.39 is 7.60 Å². The summed E-state index contributed by atoms with van der Waals surface area (Å²) in [6.07, 6.45) is 1.71. The second kappa shape index (κ2) is 7.41. The molecule has 1 heterocycles. The van der Waals surface area contributed by atoms with Gasteiger partial charge in [0.2, 0.25) is 5.91 Å². The van der Waals surface area contributed by atoms with Crippen LogP contribution in [0.1, 0.15) is 33.1 Å². The zero-order valence-electron chi connectivity index (χ0n) is 14.5. The van der Waals surface area contributed by atoms with Gasteiger partial charge < -0.3 is 15.1 Å². The normalized spacial score (nSPS) is 16.2. The molecule has 5 nitrogen and oxygen atoms in total. The molecule has 1 aliphatic heterocycles. The molecule has 0 aromatic heterocycles. The smallest absolute Gasteiger partial charge is 0.325 e. The second-order valence-electron chi connectivity index (χ2n) is 6.39. The van der Waals surface area contributed by atoms with Crippen molar-refractivity contribution in [3.05, 3.63) is 69.6 Å². The molecule has 3 N–H and O–H groups in total. The van der Waals surface area contributed by atoms with Crippen molar-refractivity contribution in [3.63, 3.8) is 0 Å². The van der Waals surface area contributed by atoms with Crippen LogP contribution in [0.3, 0.4) is 0 Å². The van der Waals surface area contributed by atoms with Gasteiger partial charge in [0.25, 0.3) is 0 Å². The first-order valence-electron chi connectivity index (χ1n) is 8.10. The molecule has 3 rings (SSSR count). The van der Waals surface area contributed by atoms with Gasteiger partial charge in [0.05, 0.1) is 6.16 Å². The SMILES string of the molecule is Cc1cc2c(cc1C)C(C(=O)Nc1ccc(CP(=O)(O)O)cc1)SC=C2. The lowest BCUT2D eigenvalue weighted by atomic mass is 9.97. The summed E-state index contributed by atoms with van der Waals surface area (Å²) in [5.74, 6) is -0.119. The van der Waals surface area contributed by atoms with Crippen LogP contribution < -0.4 is 5.32 Å². The van der Waals surface area contributed by atoms with Crippen molar-refractivity contribution in [1.29, 1.82) is 0 Å². The Hall–Kier alpha value is -1.85. The lowest BCUT2D eigenvalue weighted by Crippen LogP contribution is -2.20. The quantitative estimate of drug-likeness (QED) is 0.676. The Morgan fingerprint density at radius 2 is 1.81 bits per heavy atom. The summed E-state index contributed by atoms with van der Waals surface area (Å²) in [6.45, 7) is 4.09. The maximum Gasteiger partial charge on any atom is 0.329 e. The Kier molecular flexibility index (Phi) is 5.39. The number of hydrogen-bond acceptors (Lipinski definition) is 3. The first-order chi connectivity index (χ1) is 12.2. The predicted octanol–water partition coefficient (Wildman–Crippen LogP) is 4.38. The van der Waals surface area contributed by atoms with E-state index in [-0.39, 0.29) is 17.3 Å². The third-order valence-corrected chi connectivity index (χ3v) is 6.10. The fourth-order valence-corrected chi connectivity index (χ4v) is 4.44. The molecule has 136 valence electrons. The van der Waals surface area contributed by atoms with Gasteiger partial charge in [-0.05, 0) is 65.3 Å². The molecular formula is C19H20NO4PS. The fraction of sp³-hybridized carbons (Fsp3) is 0.211. The number of aryl methyl sites for hydroxylation is 2. The van der Waals surface area contributed by atoms with Crippen LogP contribution >= 0.6 is 19.4 Å². The van der Waals surface area contributed by atoms with Crippen molar-refractivity contribution in [3.8, 4) is 0 Å². The maximum atomic E-state index is 12.7. The van der Waals surface area contributed by atoms with E-state index in [4.69, 9.17) is 9.79 Å². The molecule has 0 saturated carbocycles. The van der Waals surface area contributed by atoms with Crippen molar-refractivity contribution in [2.24, 2.45) is 0 Å². The van der Waals surface area contributed by atoms with Crippen molar-refractivity contribution >= 4 is 37.0 Å². The first-order valence-corrected chi connectivity index (χ1v) is 10.8. The maximum absolute atomic E-state index is 12.7. The third-order valence-electron chi connectivity index (χ3n) is 4.29. The number of carbonyl (C=O) groups excluding carboxylic acids is 1. The summed E-state index contributed by atoms with van der Waals surface area (Å²) in [7, 11) is -4.10. The lowest BCUT2D eigenvalue weighted by Gasteiger charge is -2.22. The standard InChI is InChI=1S/C19H20NO4PS/c1-12-9-15-7-8-26-18(17(15)10-13(12)2)19(21)20-16-5-3-14(4-6-16)11-25(22,23)24/h3-10,18H,11H2,1-2H3,(H,20,21)(H2,22,23,24). The molecule has 1 unspecified atom stereocenters. The van der Waals surface area contributed by atoms with E-state index >= 15 is 0 Å². The monoisotopic (exact) mass is 389 g/mol. The van der Waals surface area contributed by atoms with Gasteiger partial charge in [-0.3, -0.25) is 9.36 Å². The summed E-state index contributed by atoms with van der Waals surface area (Å²) in [5.41, 5.74) is 5.53. The van der Waals surface area contributed by atoms with E-state index in [1.54, 1.807) is 24.3 Å². The van der Waals surface area contributed by atoms with Gasteiger partial charge in [0.15, 0.2) is 0 Å². The van der Waals surface area contributed by atoms with Crippen LogP contribution in [-0.2, 0) is 15.5 Å². The average Bonchev–Trinajstić information content (AvgIpc) is 2.56. The number of carbonyl (C=O) groups is 1. The molecule has 0 saturated heterocycles. The molecular weight excluding hydrogens is 369 g/mol. The van der Waals surface area contributed by atoms with Gasteiger partial charge in [0, 0.05) is 5.69 Å². The number of fused-ring (bicyclic) bond motifs is 1. The van der Waals surface area contributed by atoms with E-state index in [0.29, 0.717) is 11.3 Å². The molecule has 26 heavy (non-hydrogen) atoms. The molecule has 0 radical (unpaired) electrons. The van der Waals surface area contributed by atoms with Crippen LogP contribution in [0.5, 0.6) is 0 Å². The molecule has 2 aromatic rings. The summed E-state index contributed by atoms with van der Waals surface area (Å²) in [6, 6.07) is 10.7. The number of nitrogens with one attached hydrogen (secondary N) is 1. The third kappa shape index (κ3) is 4.46. The number of amides is 1. The van der Waals surface area contributed by atoms with Gasteiger partial charge in [-0.2, -0.15) is 0 Å². The highest BCUT2D eigenvalue weighted by molar-refractivity contribution is 8.03. The predicted molar refractivity (Wildman–Crippen MR) is 106 cm³/mol. The Bertz CT molecular complexity index is 918. The van der Waals surface area contributed by atoms with E-state index in [2.05, 4.69) is 24.4 Å². The van der Waals surface area contributed by atoms with Crippen LogP contribution in [0.25, 0.3) is 6.08 Å². The number of hydrogen-bond donors (Lipinski definition) is 3. The first kappa shape index (κ1) is 18.9. The Labute approximate surface area is 156 Å². The Morgan fingerprint density at radius 1 is 1.15 bits per heavy atom. The van der Waals surface area contributed by atoms with Crippen LogP contribution in [0.4, 0.5) is 5.69 Å². The van der Waals surface area contributed by atoms with E-state index in [1.807, 2.05) is 18.4 Å². The molecule has 1 amide bonds. The summed E-state index contributed by atoms with van der Waals surface area (Å²) in [5, 5.41) is 4.49. The van der Waals surface area contributed by atoms with Gasteiger partial charge >= 0.3 is 7.60 Å². The highest BCUT2D eigenvalue weighted by Crippen LogP contribution is 2.40. The zero-order chi connectivity index (χ0) is 18.9. The van der Waals surface area contributed by atoms with Gasteiger partial charge in [0.1, 0.15) is 5.25 Å². The van der Waals surface area contributed by atoms with Crippen LogP contribution in [0, 0.1) is 13.8 Å². The second-order valence-corrected chi connectivity index (χ2v) is 9.05. The molecule has 1 atom stereocenters. The van der Waals surface area contributed by atoms with Crippen molar-refractivity contribution in [2.45, 2.75) is 25.3 Å². The van der Waals surface area contributed by atoms with Crippen molar-refractivity contribution in [2.75, 3.05) is 5.32 Å². The highest BCUT2D eigenvalue weighted by Gasteiger charge is 2.25. The lowest BCUT2D eigenvalue weighted by molar-refractivity contribution is -0.115. The number of rotatable bonds is 4. The minimum absolute atomic E-state index is 0.119.